The smallest absolute Gasteiger partial charge is 0.0815 e. The van der Waals surface area contributed by atoms with Crippen LogP contribution in [0.1, 0.15) is 93.1 Å². The van der Waals surface area contributed by atoms with Crippen molar-refractivity contribution in [3.63, 3.8) is 0 Å². The van der Waals surface area contributed by atoms with Gasteiger partial charge < -0.3 is 4.57 Å². The highest BCUT2D eigenvalue weighted by molar-refractivity contribution is 7.17. The SMILES string of the molecule is CC1(C)c2ccccc2C2(c3ccccc31)c1cc(-c3ccc(-n4c5ccccc5c5ccccc54)cc3)sc1C1(c3ccccc3C(C)(C)c3ccccc31)c1cc(-c3ccccc3)sc12. The molecule has 3 aromatic heterocycles. The van der Waals surface area contributed by atoms with E-state index < -0.39 is 10.8 Å². The molecule has 3 aliphatic rings. The Hall–Kier alpha value is -7.04. The maximum absolute atomic E-state index is 2.62. The summed E-state index contributed by atoms with van der Waals surface area (Å²) in [5, 5.41) is 2.55. The summed E-state index contributed by atoms with van der Waals surface area (Å²) in [7, 11) is 0. The second-order valence-electron chi connectivity index (χ2n) is 19.9. The van der Waals surface area contributed by atoms with Crippen molar-refractivity contribution in [3.05, 3.63) is 278 Å². The molecule has 3 heteroatoms. The van der Waals surface area contributed by atoms with Gasteiger partial charge in [0, 0.05) is 46.8 Å². The van der Waals surface area contributed by atoms with Crippen molar-refractivity contribution in [2.24, 2.45) is 0 Å². The summed E-state index contributed by atoms with van der Waals surface area (Å²) in [5.41, 5.74) is 18.5. The molecule has 14 rings (SSSR count). The summed E-state index contributed by atoms with van der Waals surface area (Å²) in [6.45, 7) is 9.73. The summed E-state index contributed by atoms with van der Waals surface area (Å²) in [6.07, 6.45) is 0. The molecular formula is C64H47NS2. The number of rotatable bonds is 3. The molecule has 1 nitrogen and oxygen atoms in total. The van der Waals surface area contributed by atoms with Crippen molar-refractivity contribution in [1.82, 2.24) is 4.57 Å². The number of benzene rings is 8. The van der Waals surface area contributed by atoms with Crippen LogP contribution < -0.4 is 0 Å². The van der Waals surface area contributed by atoms with Crippen molar-refractivity contribution in [2.45, 2.75) is 49.4 Å². The monoisotopic (exact) mass is 893 g/mol. The average molecular weight is 894 g/mol. The Bertz CT molecular complexity index is 3510. The lowest BCUT2D eigenvalue weighted by Crippen LogP contribution is -2.50. The summed E-state index contributed by atoms with van der Waals surface area (Å²) in [4.78, 5) is 5.43. The van der Waals surface area contributed by atoms with Gasteiger partial charge in [-0.2, -0.15) is 0 Å². The Morgan fingerprint density at radius 3 is 1.04 bits per heavy atom. The number of para-hydroxylation sites is 2. The first-order valence-corrected chi connectivity index (χ1v) is 25.2. The minimum Gasteiger partial charge on any atom is -0.309 e. The fourth-order valence-corrected chi connectivity index (χ4v) is 16.0. The molecule has 0 saturated heterocycles. The number of aromatic nitrogens is 1. The lowest BCUT2D eigenvalue weighted by molar-refractivity contribution is 0.522. The zero-order valence-electron chi connectivity index (χ0n) is 38.0. The van der Waals surface area contributed by atoms with E-state index in [4.69, 9.17) is 0 Å². The van der Waals surface area contributed by atoms with E-state index in [1.807, 2.05) is 22.7 Å². The fraction of sp³-hybridized carbons (Fsp3) is 0.125. The van der Waals surface area contributed by atoms with Gasteiger partial charge in [-0.1, -0.05) is 204 Å². The number of nitrogens with zero attached hydrogens (tertiary/aromatic N) is 1. The van der Waals surface area contributed by atoms with E-state index >= 15 is 0 Å². The molecule has 0 fully saturated rings. The van der Waals surface area contributed by atoms with Gasteiger partial charge in [0.15, 0.2) is 0 Å². The second kappa shape index (κ2) is 13.8. The molecule has 0 unspecified atom stereocenters. The molecule has 11 aromatic rings. The van der Waals surface area contributed by atoms with Crippen LogP contribution in [0.4, 0.5) is 0 Å². The molecule has 8 aromatic carbocycles. The molecule has 320 valence electrons. The molecule has 0 N–H and O–H groups in total. The predicted molar refractivity (Wildman–Crippen MR) is 282 cm³/mol. The highest BCUT2D eigenvalue weighted by Gasteiger charge is 2.62. The first-order valence-electron chi connectivity index (χ1n) is 23.6. The third-order valence-corrected chi connectivity index (χ3v) is 18.6. The third-order valence-electron chi connectivity index (χ3n) is 16.0. The summed E-state index contributed by atoms with van der Waals surface area (Å²) < 4.78 is 2.43. The number of hydrogen-bond acceptors (Lipinski definition) is 2. The van der Waals surface area contributed by atoms with Crippen molar-refractivity contribution >= 4 is 44.5 Å². The normalized spacial score (nSPS) is 16.2. The van der Waals surface area contributed by atoms with Gasteiger partial charge in [-0.05, 0) is 103 Å². The Morgan fingerprint density at radius 1 is 0.313 bits per heavy atom. The van der Waals surface area contributed by atoms with Crippen LogP contribution in [0.2, 0.25) is 0 Å². The van der Waals surface area contributed by atoms with Crippen LogP contribution in [0.3, 0.4) is 0 Å². The molecular weight excluding hydrogens is 847 g/mol. The molecule has 67 heavy (non-hydrogen) atoms. The minimum atomic E-state index is -0.579. The summed E-state index contributed by atoms with van der Waals surface area (Å²) in [6, 6.07) is 81.0. The Kier molecular flexibility index (Phi) is 8.04. The molecule has 0 saturated carbocycles. The van der Waals surface area contributed by atoms with Gasteiger partial charge in [0.1, 0.15) is 0 Å². The van der Waals surface area contributed by atoms with Gasteiger partial charge in [0.2, 0.25) is 0 Å². The van der Waals surface area contributed by atoms with Crippen LogP contribution in [-0.4, -0.2) is 4.57 Å². The first kappa shape index (κ1) is 39.2. The van der Waals surface area contributed by atoms with Crippen molar-refractivity contribution < 1.29 is 0 Å². The largest absolute Gasteiger partial charge is 0.309 e. The Balaban J connectivity index is 1.12. The van der Waals surface area contributed by atoms with E-state index in [-0.39, 0.29) is 10.8 Å². The molecule has 2 spiro atoms. The van der Waals surface area contributed by atoms with Crippen LogP contribution in [0.5, 0.6) is 0 Å². The summed E-state index contributed by atoms with van der Waals surface area (Å²) >= 11 is 4.02. The van der Waals surface area contributed by atoms with E-state index in [0.717, 1.165) is 0 Å². The van der Waals surface area contributed by atoms with Gasteiger partial charge in [0.25, 0.3) is 0 Å². The van der Waals surface area contributed by atoms with E-state index in [1.165, 1.54) is 114 Å². The van der Waals surface area contributed by atoms with Crippen molar-refractivity contribution in [2.75, 3.05) is 0 Å². The molecule has 0 radical (unpaired) electrons. The van der Waals surface area contributed by atoms with E-state index in [9.17, 15) is 0 Å². The minimum absolute atomic E-state index is 0.205. The van der Waals surface area contributed by atoms with Crippen LogP contribution in [-0.2, 0) is 21.7 Å². The molecule has 0 aliphatic heterocycles. The zero-order valence-corrected chi connectivity index (χ0v) is 39.6. The van der Waals surface area contributed by atoms with E-state index in [1.54, 1.807) is 0 Å². The van der Waals surface area contributed by atoms with Crippen molar-refractivity contribution in [3.8, 4) is 26.6 Å². The van der Waals surface area contributed by atoms with Crippen molar-refractivity contribution in [1.29, 1.82) is 0 Å². The van der Waals surface area contributed by atoms with Gasteiger partial charge in [0.05, 0.1) is 21.9 Å². The Labute approximate surface area is 400 Å². The van der Waals surface area contributed by atoms with Gasteiger partial charge in [-0.25, -0.2) is 0 Å². The molecule has 3 aliphatic carbocycles. The lowest BCUT2D eigenvalue weighted by atomic mass is 9.48. The maximum atomic E-state index is 2.62. The van der Waals surface area contributed by atoms with Gasteiger partial charge in [-0.3, -0.25) is 0 Å². The van der Waals surface area contributed by atoms with Crippen LogP contribution in [0.25, 0.3) is 48.4 Å². The molecule has 0 amide bonds. The van der Waals surface area contributed by atoms with Crippen LogP contribution >= 0.6 is 22.7 Å². The average Bonchev–Trinajstić information content (AvgIpc) is 4.12. The summed E-state index contributed by atoms with van der Waals surface area (Å²) in [5.74, 6) is 0. The number of fused-ring (bicyclic) bond motifs is 17. The fourth-order valence-electron chi connectivity index (χ4n) is 13.1. The first-order chi connectivity index (χ1) is 32.7. The van der Waals surface area contributed by atoms with Gasteiger partial charge in [-0.15, -0.1) is 22.7 Å². The molecule has 0 bridgehead atoms. The standard InChI is InChI=1S/C64H47NS2/c1-61(2)45-24-10-14-28-49(45)63(50-29-15-11-25-46(50)61)53-38-57(40-20-6-5-7-21-40)66-59(53)64(51-30-16-12-26-47(51)62(3,4)48-27-13-17-31-52(48)64)54-39-58(67-60(54)63)41-34-36-42(37-35-41)65-55-32-18-8-22-43(55)44-23-9-19-33-56(44)65/h5-39H,1-4H3. The predicted octanol–water partition coefficient (Wildman–Crippen LogP) is 16.6. The van der Waals surface area contributed by atoms with E-state index in [0.29, 0.717) is 0 Å². The highest BCUT2D eigenvalue weighted by Crippen LogP contribution is 2.70. The Morgan fingerprint density at radius 2 is 0.642 bits per heavy atom. The topological polar surface area (TPSA) is 4.93 Å². The highest BCUT2D eigenvalue weighted by atomic mass is 32.1. The third kappa shape index (κ3) is 4.93. The van der Waals surface area contributed by atoms with Gasteiger partial charge >= 0.3 is 0 Å². The maximum Gasteiger partial charge on any atom is 0.0815 e. The lowest BCUT2D eigenvalue weighted by Gasteiger charge is -2.55. The second-order valence-corrected chi connectivity index (χ2v) is 22.0. The number of hydrogen-bond donors (Lipinski definition) is 0. The van der Waals surface area contributed by atoms with Crippen LogP contribution in [0, 0.1) is 0 Å². The molecule has 0 atom stereocenters. The quantitative estimate of drug-likeness (QED) is 0.167. The van der Waals surface area contributed by atoms with Crippen LogP contribution in [0.15, 0.2) is 212 Å². The van der Waals surface area contributed by atoms with E-state index in [2.05, 4.69) is 245 Å². The zero-order chi connectivity index (χ0) is 44.9. The number of thiophene rings is 2. The molecule has 3 heterocycles.